The van der Waals surface area contributed by atoms with E-state index in [0.717, 1.165) is 0 Å². The number of nitrogens with one attached hydrogen (secondary N) is 2. The van der Waals surface area contributed by atoms with Crippen LogP contribution in [0, 0.1) is 0 Å². The van der Waals surface area contributed by atoms with E-state index in [9.17, 15) is 9.59 Å². The van der Waals surface area contributed by atoms with Crippen molar-refractivity contribution in [3.8, 4) is 0 Å². The second kappa shape index (κ2) is 4.39. The van der Waals surface area contributed by atoms with E-state index in [0.29, 0.717) is 11.4 Å². The van der Waals surface area contributed by atoms with Crippen molar-refractivity contribution in [3.63, 3.8) is 0 Å². The van der Waals surface area contributed by atoms with Gasteiger partial charge in [0.2, 0.25) is 5.56 Å². The molecule has 0 aliphatic heterocycles. The molecule has 2 heterocycles. The number of carbonyl (C=O) groups excluding carboxylic acids is 1. The second-order valence-electron chi connectivity index (χ2n) is 3.12. The number of H-pyrrole nitrogens is 1. The van der Waals surface area contributed by atoms with Crippen molar-refractivity contribution < 1.29 is 4.79 Å². The number of nitrogens with zero attached hydrogens (tertiary/aromatic N) is 1. The molecule has 80 valence electrons. The molecule has 2 N–H and O–H groups in total. The van der Waals surface area contributed by atoms with Crippen molar-refractivity contribution >= 4 is 11.7 Å². The van der Waals surface area contributed by atoms with Gasteiger partial charge in [-0.15, -0.1) is 0 Å². The van der Waals surface area contributed by atoms with Gasteiger partial charge in [-0.25, -0.2) is 0 Å². The quantitative estimate of drug-likeness (QED) is 0.785. The van der Waals surface area contributed by atoms with Gasteiger partial charge >= 0.3 is 0 Å². The molecule has 0 radical (unpaired) electrons. The Hall–Kier alpha value is -2.43. The number of rotatable bonds is 2. The Morgan fingerprint density at radius 1 is 1.19 bits per heavy atom. The molecule has 0 atom stereocenters. The first-order chi connectivity index (χ1) is 7.75. The summed E-state index contributed by atoms with van der Waals surface area (Å²) in [6, 6.07) is 7.75. The Labute approximate surface area is 91.2 Å². The summed E-state index contributed by atoms with van der Waals surface area (Å²) in [5.41, 5.74) is 0.229. The minimum atomic E-state index is -0.288. The lowest BCUT2D eigenvalue weighted by molar-refractivity contribution is 0.102. The van der Waals surface area contributed by atoms with Gasteiger partial charge in [0.1, 0.15) is 5.82 Å². The molecule has 0 saturated carbocycles. The molecule has 0 spiro atoms. The number of carbonyl (C=O) groups is 1. The minimum absolute atomic E-state index is 0.257. The highest BCUT2D eigenvalue weighted by molar-refractivity contribution is 6.03. The summed E-state index contributed by atoms with van der Waals surface area (Å²) in [5, 5.41) is 2.58. The molecule has 2 rings (SSSR count). The van der Waals surface area contributed by atoms with Gasteiger partial charge < -0.3 is 10.3 Å². The molecular formula is C11H9N3O2. The molecule has 5 nitrogen and oxygen atoms in total. The van der Waals surface area contributed by atoms with E-state index in [1.54, 1.807) is 24.3 Å². The summed E-state index contributed by atoms with van der Waals surface area (Å²) in [6.07, 6.45) is 3.06. The number of amides is 1. The van der Waals surface area contributed by atoms with Crippen molar-refractivity contribution in [2.75, 3.05) is 5.32 Å². The van der Waals surface area contributed by atoms with Crippen LogP contribution in [0.1, 0.15) is 10.4 Å². The number of hydrogen-bond donors (Lipinski definition) is 2. The van der Waals surface area contributed by atoms with Crippen LogP contribution in [0.2, 0.25) is 0 Å². The molecule has 0 aromatic carbocycles. The molecule has 0 bridgehead atoms. The fourth-order valence-corrected chi connectivity index (χ4v) is 1.22. The van der Waals surface area contributed by atoms with Crippen LogP contribution < -0.4 is 10.9 Å². The van der Waals surface area contributed by atoms with Crippen LogP contribution in [0.5, 0.6) is 0 Å². The average Bonchev–Trinajstić information content (AvgIpc) is 2.30. The van der Waals surface area contributed by atoms with Crippen LogP contribution in [-0.4, -0.2) is 15.9 Å². The fourth-order valence-electron chi connectivity index (χ4n) is 1.22. The van der Waals surface area contributed by atoms with Gasteiger partial charge in [0.05, 0.1) is 0 Å². The predicted molar refractivity (Wildman–Crippen MR) is 59.3 cm³/mol. The summed E-state index contributed by atoms with van der Waals surface area (Å²) in [5.74, 6) is 0.0820. The highest BCUT2D eigenvalue weighted by atomic mass is 16.2. The molecule has 0 aliphatic carbocycles. The Morgan fingerprint density at radius 2 is 1.94 bits per heavy atom. The van der Waals surface area contributed by atoms with Gasteiger partial charge in [0, 0.05) is 24.0 Å². The number of aromatic amines is 1. The van der Waals surface area contributed by atoms with Gasteiger partial charge in [0.15, 0.2) is 0 Å². The van der Waals surface area contributed by atoms with E-state index in [1.165, 1.54) is 18.5 Å². The molecule has 2 aromatic heterocycles. The predicted octanol–water partition coefficient (Wildman–Crippen LogP) is 1.02. The minimum Gasteiger partial charge on any atom is -0.309 e. The van der Waals surface area contributed by atoms with E-state index < -0.39 is 0 Å². The zero-order valence-corrected chi connectivity index (χ0v) is 8.31. The first kappa shape index (κ1) is 10.1. The molecule has 0 fully saturated rings. The summed E-state index contributed by atoms with van der Waals surface area (Å²) < 4.78 is 0. The van der Waals surface area contributed by atoms with Crippen LogP contribution in [0.25, 0.3) is 0 Å². The smallest absolute Gasteiger partial charge is 0.256 e. The van der Waals surface area contributed by atoms with Crippen LogP contribution in [0.15, 0.2) is 47.5 Å². The third-order valence-corrected chi connectivity index (χ3v) is 1.96. The first-order valence-corrected chi connectivity index (χ1v) is 4.66. The maximum Gasteiger partial charge on any atom is 0.256 e. The van der Waals surface area contributed by atoms with Crippen molar-refractivity contribution in [1.82, 2.24) is 9.97 Å². The van der Waals surface area contributed by atoms with Crippen molar-refractivity contribution in [2.24, 2.45) is 0 Å². The lowest BCUT2D eigenvalue weighted by atomic mass is 10.2. The van der Waals surface area contributed by atoms with Gasteiger partial charge in [-0.05, 0) is 18.2 Å². The zero-order valence-electron chi connectivity index (χ0n) is 8.31. The van der Waals surface area contributed by atoms with Crippen LogP contribution in [0.4, 0.5) is 5.82 Å². The summed E-state index contributed by atoms with van der Waals surface area (Å²) >= 11 is 0. The van der Waals surface area contributed by atoms with Gasteiger partial charge in [0.25, 0.3) is 5.91 Å². The topological polar surface area (TPSA) is 74.8 Å². The van der Waals surface area contributed by atoms with Gasteiger partial charge in [-0.3, -0.25) is 14.6 Å². The Balaban J connectivity index is 2.17. The van der Waals surface area contributed by atoms with E-state index in [2.05, 4.69) is 15.3 Å². The molecule has 2 aromatic rings. The van der Waals surface area contributed by atoms with Crippen molar-refractivity contribution in [1.29, 1.82) is 0 Å². The van der Waals surface area contributed by atoms with Gasteiger partial charge in [-0.1, -0.05) is 6.07 Å². The van der Waals surface area contributed by atoms with Crippen LogP contribution in [0.3, 0.4) is 0 Å². The zero-order chi connectivity index (χ0) is 11.4. The normalized spacial score (nSPS) is 9.75. The highest BCUT2D eigenvalue weighted by Crippen LogP contribution is 2.02. The molecular weight excluding hydrogens is 206 g/mol. The molecule has 0 unspecified atom stereocenters. The van der Waals surface area contributed by atoms with E-state index >= 15 is 0 Å². The molecule has 16 heavy (non-hydrogen) atoms. The Kier molecular flexibility index (Phi) is 2.77. The lowest BCUT2D eigenvalue weighted by Crippen LogP contribution is -2.15. The third-order valence-electron chi connectivity index (χ3n) is 1.96. The molecule has 0 aliphatic rings. The van der Waals surface area contributed by atoms with Crippen molar-refractivity contribution in [2.45, 2.75) is 0 Å². The first-order valence-electron chi connectivity index (χ1n) is 4.66. The molecule has 1 amide bonds. The number of aromatic nitrogens is 2. The average molecular weight is 215 g/mol. The molecule has 5 heteroatoms. The monoisotopic (exact) mass is 215 g/mol. The fraction of sp³-hybridized carbons (Fsp3) is 0. The Bertz CT molecular complexity index is 548. The van der Waals surface area contributed by atoms with E-state index in [1.807, 2.05) is 0 Å². The van der Waals surface area contributed by atoms with Crippen molar-refractivity contribution in [3.05, 3.63) is 58.6 Å². The third kappa shape index (κ3) is 2.33. The summed E-state index contributed by atoms with van der Waals surface area (Å²) in [7, 11) is 0. The number of hydrogen-bond acceptors (Lipinski definition) is 3. The highest BCUT2D eigenvalue weighted by Gasteiger charge is 2.04. The maximum atomic E-state index is 11.7. The second-order valence-corrected chi connectivity index (χ2v) is 3.12. The van der Waals surface area contributed by atoms with E-state index in [-0.39, 0.29) is 11.5 Å². The molecule has 0 saturated heterocycles. The Morgan fingerprint density at radius 3 is 2.62 bits per heavy atom. The summed E-state index contributed by atoms with van der Waals surface area (Å²) in [4.78, 5) is 29.0. The number of pyridine rings is 2. The van der Waals surface area contributed by atoms with Crippen LogP contribution >= 0.6 is 0 Å². The van der Waals surface area contributed by atoms with E-state index in [4.69, 9.17) is 0 Å². The SMILES string of the molecule is O=C(Nc1cccc(=O)[nH]1)c1ccncc1. The largest absolute Gasteiger partial charge is 0.309 e. The van der Waals surface area contributed by atoms with Gasteiger partial charge in [-0.2, -0.15) is 0 Å². The summed E-state index contributed by atoms with van der Waals surface area (Å²) in [6.45, 7) is 0. The number of anilines is 1. The van der Waals surface area contributed by atoms with Crippen LogP contribution in [-0.2, 0) is 0 Å². The maximum absolute atomic E-state index is 11.7. The lowest BCUT2D eigenvalue weighted by Gasteiger charge is -2.03. The standard InChI is InChI=1S/C11H9N3O2/c15-10-3-1-2-9(13-10)14-11(16)8-4-6-12-7-5-8/h1-7H,(H2,13,14,15,16).